The van der Waals surface area contributed by atoms with Gasteiger partial charge in [0.15, 0.2) is 0 Å². The number of benzene rings is 1. The molecule has 0 spiro atoms. The van der Waals surface area contributed by atoms with Gasteiger partial charge in [-0.05, 0) is 46.9 Å². The molecule has 0 bridgehead atoms. The average molecular weight is 343 g/mol. The molecule has 2 N–H and O–H groups in total. The molecule has 20 heavy (non-hydrogen) atoms. The van der Waals surface area contributed by atoms with Crippen molar-refractivity contribution in [2.75, 3.05) is 27.3 Å². The van der Waals surface area contributed by atoms with Crippen molar-refractivity contribution >= 4 is 15.9 Å². The summed E-state index contributed by atoms with van der Waals surface area (Å²) >= 11 is 3.49. The molecule has 2 rings (SSSR count). The summed E-state index contributed by atoms with van der Waals surface area (Å²) in [6, 6.07) is 4.34. The van der Waals surface area contributed by atoms with Crippen LogP contribution >= 0.6 is 15.9 Å². The van der Waals surface area contributed by atoms with Crippen LogP contribution in [0.2, 0.25) is 0 Å². The molecule has 1 aliphatic heterocycles. The predicted molar refractivity (Wildman–Crippen MR) is 84.3 cm³/mol. The van der Waals surface area contributed by atoms with Gasteiger partial charge in [-0.2, -0.15) is 0 Å². The topological polar surface area (TPSA) is 47.7 Å². The summed E-state index contributed by atoms with van der Waals surface area (Å²) in [5.41, 5.74) is 7.23. The van der Waals surface area contributed by atoms with E-state index in [1.54, 1.807) is 14.2 Å². The van der Waals surface area contributed by atoms with Crippen LogP contribution in [-0.2, 0) is 6.54 Å². The number of nitrogens with two attached hydrogens (primary N) is 1. The first-order valence-corrected chi connectivity index (χ1v) is 7.72. The van der Waals surface area contributed by atoms with E-state index in [0.29, 0.717) is 12.0 Å². The van der Waals surface area contributed by atoms with Gasteiger partial charge in [0, 0.05) is 24.7 Å². The minimum Gasteiger partial charge on any atom is -0.496 e. The Morgan fingerprint density at radius 3 is 2.60 bits per heavy atom. The lowest BCUT2D eigenvalue weighted by molar-refractivity contribution is 0.156. The van der Waals surface area contributed by atoms with Gasteiger partial charge < -0.3 is 15.2 Å². The summed E-state index contributed by atoms with van der Waals surface area (Å²) in [6.45, 7) is 5.15. The Bertz CT molecular complexity index is 467. The van der Waals surface area contributed by atoms with Gasteiger partial charge >= 0.3 is 0 Å². The van der Waals surface area contributed by atoms with Crippen LogP contribution in [0.1, 0.15) is 18.9 Å². The maximum Gasteiger partial charge on any atom is 0.133 e. The number of piperidine rings is 1. The van der Waals surface area contributed by atoms with Crippen LogP contribution in [0.25, 0.3) is 0 Å². The summed E-state index contributed by atoms with van der Waals surface area (Å²) in [5.74, 6) is 2.26. The van der Waals surface area contributed by atoms with E-state index >= 15 is 0 Å². The van der Waals surface area contributed by atoms with E-state index in [9.17, 15) is 0 Å². The van der Waals surface area contributed by atoms with E-state index in [1.165, 1.54) is 0 Å². The lowest BCUT2D eigenvalue weighted by Crippen LogP contribution is -2.45. The Kier molecular flexibility index (Phi) is 5.29. The summed E-state index contributed by atoms with van der Waals surface area (Å²) in [6.07, 6.45) is 1.05. The van der Waals surface area contributed by atoms with Gasteiger partial charge in [0.2, 0.25) is 0 Å². The molecule has 112 valence electrons. The first-order chi connectivity index (χ1) is 9.55. The zero-order valence-corrected chi connectivity index (χ0v) is 13.9. The number of methoxy groups -OCH3 is 2. The van der Waals surface area contributed by atoms with Crippen molar-refractivity contribution in [3.8, 4) is 11.5 Å². The highest BCUT2D eigenvalue weighted by Crippen LogP contribution is 2.33. The van der Waals surface area contributed by atoms with Crippen LogP contribution in [0.3, 0.4) is 0 Å². The molecule has 1 fully saturated rings. The third-order valence-corrected chi connectivity index (χ3v) is 4.62. The number of hydrogen-bond donors (Lipinski definition) is 1. The Balaban J connectivity index is 2.16. The molecule has 1 aromatic rings. The molecule has 1 aliphatic rings. The van der Waals surface area contributed by atoms with Gasteiger partial charge in [-0.3, -0.25) is 4.90 Å². The van der Waals surface area contributed by atoms with Gasteiger partial charge in [-0.1, -0.05) is 6.92 Å². The standard InChI is InChI=1S/C15H23BrN2O2/c1-10-8-18(5-4-13(10)17)9-11-6-15(20-3)12(16)7-14(11)19-2/h6-7,10,13H,4-5,8-9,17H2,1-3H3. The Morgan fingerprint density at radius 2 is 2.00 bits per heavy atom. The summed E-state index contributed by atoms with van der Waals surface area (Å²) in [5, 5.41) is 0. The maximum absolute atomic E-state index is 6.08. The van der Waals surface area contributed by atoms with Crippen LogP contribution in [0, 0.1) is 5.92 Å². The molecule has 0 aliphatic carbocycles. The number of ether oxygens (including phenoxy) is 2. The molecular weight excluding hydrogens is 320 g/mol. The molecule has 0 radical (unpaired) electrons. The van der Waals surface area contributed by atoms with Gasteiger partial charge in [-0.25, -0.2) is 0 Å². The molecule has 4 nitrogen and oxygen atoms in total. The lowest BCUT2D eigenvalue weighted by Gasteiger charge is -2.35. The number of nitrogens with zero attached hydrogens (tertiary/aromatic N) is 1. The summed E-state index contributed by atoms with van der Waals surface area (Å²) in [7, 11) is 3.38. The van der Waals surface area contributed by atoms with E-state index in [2.05, 4.69) is 27.8 Å². The van der Waals surface area contributed by atoms with Crippen LogP contribution in [-0.4, -0.2) is 38.3 Å². The van der Waals surface area contributed by atoms with Crippen molar-refractivity contribution in [3.05, 3.63) is 22.2 Å². The Labute approximate surface area is 129 Å². The first-order valence-electron chi connectivity index (χ1n) is 6.93. The highest BCUT2D eigenvalue weighted by Gasteiger charge is 2.24. The molecule has 0 aromatic heterocycles. The zero-order chi connectivity index (χ0) is 14.7. The van der Waals surface area contributed by atoms with E-state index < -0.39 is 0 Å². The van der Waals surface area contributed by atoms with Gasteiger partial charge in [0.25, 0.3) is 0 Å². The number of likely N-dealkylation sites (tertiary alicyclic amines) is 1. The summed E-state index contributed by atoms with van der Waals surface area (Å²) < 4.78 is 11.8. The van der Waals surface area contributed by atoms with E-state index in [0.717, 1.165) is 47.6 Å². The minimum absolute atomic E-state index is 0.326. The van der Waals surface area contributed by atoms with Crippen molar-refractivity contribution in [3.63, 3.8) is 0 Å². The van der Waals surface area contributed by atoms with E-state index in [1.807, 2.05) is 12.1 Å². The number of rotatable bonds is 4. The third kappa shape index (κ3) is 3.45. The second-order valence-corrected chi connectivity index (χ2v) is 6.32. The Hall–Kier alpha value is -0.780. The second-order valence-electron chi connectivity index (χ2n) is 5.46. The van der Waals surface area contributed by atoms with Gasteiger partial charge in [0.05, 0.1) is 18.7 Å². The summed E-state index contributed by atoms with van der Waals surface area (Å²) in [4.78, 5) is 2.43. The van der Waals surface area contributed by atoms with E-state index in [4.69, 9.17) is 15.2 Å². The fourth-order valence-corrected chi connectivity index (χ4v) is 3.17. The SMILES string of the molecule is COc1cc(CN2CCC(N)C(C)C2)c(OC)cc1Br. The molecule has 1 aromatic carbocycles. The zero-order valence-electron chi connectivity index (χ0n) is 12.4. The van der Waals surface area contributed by atoms with Crippen LogP contribution < -0.4 is 15.2 Å². The van der Waals surface area contributed by atoms with Crippen LogP contribution in [0.5, 0.6) is 11.5 Å². The number of hydrogen-bond acceptors (Lipinski definition) is 4. The third-order valence-electron chi connectivity index (χ3n) is 4.00. The molecule has 0 amide bonds. The maximum atomic E-state index is 6.08. The van der Waals surface area contributed by atoms with Crippen molar-refractivity contribution in [2.45, 2.75) is 25.9 Å². The predicted octanol–water partition coefficient (Wildman–Crippen LogP) is 2.64. The highest BCUT2D eigenvalue weighted by molar-refractivity contribution is 9.10. The first kappa shape index (κ1) is 15.6. The monoisotopic (exact) mass is 342 g/mol. The Morgan fingerprint density at radius 1 is 1.30 bits per heavy atom. The normalized spacial score (nSPS) is 23.6. The highest BCUT2D eigenvalue weighted by atomic mass is 79.9. The van der Waals surface area contributed by atoms with Gasteiger partial charge in [0.1, 0.15) is 11.5 Å². The van der Waals surface area contributed by atoms with Crippen molar-refractivity contribution in [2.24, 2.45) is 11.7 Å². The van der Waals surface area contributed by atoms with Crippen molar-refractivity contribution < 1.29 is 9.47 Å². The largest absolute Gasteiger partial charge is 0.496 e. The molecule has 1 heterocycles. The van der Waals surface area contributed by atoms with Gasteiger partial charge in [-0.15, -0.1) is 0 Å². The minimum atomic E-state index is 0.326. The fraction of sp³-hybridized carbons (Fsp3) is 0.600. The molecule has 5 heteroatoms. The van der Waals surface area contributed by atoms with Crippen LogP contribution in [0.15, 0.2) is 16.6 Å². The average Bonchev–Trinajstić information content (AvgIpc) is 2.44. The second kappa shape index (κ2) is 6.78. The van der Waals surface area contributed by atoms with Crippen molar-refractivity contribution in [1.29, 1.82) is 0 Å². The smallest absolute Gasteiger partial charge is 0.133 e. The molecule has 2 atom stereocenters. The van der Waals surface area contributed by atoms with Crippen LogP contribution in [0.4, 0.5) is 0 Å². The molecule has 2 unspecified atom stereocenters. The molecular formula is C15H23BrN2O2. The quantitative estimate of drug-likeness (QED) is 0.913. The molecule has 1 saturated heterocycles. The van der Waals surface area contributed by atoms with Crippen molar-refractivity contribution in [1.82, 2.24) is 4.90 Å². The fourth-order valence-electron chi connectivity index (χ4n) is 2.68. The molecule has 0 saturated carbocycles. The number of halogens is 1. The van der Waals surface area contributed by atoms with E-state index in [-0.39, 0.29) is 0 Å². The lowest BCUT2D eigenvalue weighted by atomic mass is 9.94.